The van der Waals surface area contributed by atoms with Crippen molar-refractivity contribution < 1.29 is 24.2 Å². The van der Waals surface area contributed by atoms with E-state index in [-0.39, 0.29) is 19.6 Å². The molecule has 0 bridgehead atoms. The van der Waals surface area contributed by atoms with Gasteiger partial charge in [0.15, 0.2) is 0 Å². The summed E-state index contributed by atoms with van der Waals surface area (Å²) in [6, 6.07) is 9.32. The maximum atomic E-state index is 11.7. The van der Waals surface area contributed by atoms with Crippen molar-refractivity contribution in [3.8, 4) is 0 Å². The third kappa shape index (κ3) is 5.84. The normalized spacial score (nSPS) is 11.7. The van der Waals surface area contributed by atoms with Crippen molar-refractivity contribution in [2.45, 2.75) is 25.9 Å². The molecule has 0 aliphatic carbocycles. The van der Waals surface area contributed by atoms with Crippen molar-refractivity contribution in [1.29, 1.82) is 0 Å². The predicted molar refractivity (Wildman–Crippen MR) is 72.7 cm³/mol. The third-order valence-corrected chi connectivity index (χ3v) is 2.90. The van der Waals surface area contributed by atoms with E-state index in [0.717, 1.165) is 5.56 Å². The first-order valence-corrected chi connectivity index (χ1v) is 6.55. The average Bonchev–Trinajstić information content (AvgIpc) is 2.49. The third-order valence-electron chi connectivity index (χ3n) is 2.90. The molecule has 1 aromatic rings. The lowest BCUT2D eigenvalue weighted by molar-refractivity contribution is -0.154. The summed E-state index contributed by atoms with van der Waals surface area (Å²) in [6.07, 6.45) is 0.828. The molecular formula is C15H20O5. The molecule has 0 aliphatic heterocycles. The highest BCUT2D eigenvalue weighted by Crippen LogP contribution is 2.14. The zero-order valence-corrected chi connectivity index (χ0v) is 11.6. The van der Waals surface area contributed by atoms with E-state index in [1.54, 1.807) is 0 Å². The second kappa shape index (κ2) is 9.09. The molecule has 1 atom stereocenters. The van der Waals surface area contributed by atoms with Crippen LogP contribution in [0.2, 0.25) is 0 Å². The minimum atomic E-state index is -0.560. The minimum absolute atomic E-state index is 0.0213. The molecule has 0 unspecified atom stereocenters. The molecule has 0 fully saturated rings. The number of ether oxygens (including phenoxy) is 2. The van der Waals surface area contributed by atoms with Gasteiger partial charge in [0.2, 0.25) is 0 Å². The van der Waals surface area contributed by atoms with Crippen LogP contribution in [0.15, 0.2) is 30.3 Å². The summed E-state index contributed by atoms with van der Waals surface area (Å²) >= 11 is 0. The molecule has 20 heavy (non-hydrogen) atoms. The fourth-order valence-corrected chi connectivity index (χ4v) is 1.81. The Balaban J connectivity index is 2.43. The van der Waals surface area contributed by atoms with Gasteiger partial charge in [-0.2, -0.15) is 0 Å². The summed E-state index contributed by atoms with van der Waals surface area (Å²) in [7, 11) is 1.28. The Morgan fingerprint density at radius 3 is 2.55 bits per heavy atom. The van der Waals surface area contributed by atoms with E-state index in [1.807, 2.05) is 30.3 Å². The van der Waals surface area contributed by atoms with Gasteiger partial charge in [-0.15, -0.1) is 0 Å². The molecule has 1 rings (SSSR count). The van der Waals surface area contributed by atoms with Gasteiger partial charge in [0, 0.05) is 6.61 Å². The zero-order chi connectivity index (χ0) is 14.8. The van der Waals surface area contributed by atoms with Crippen LogP contribution in [0, 0.1) is 5.92 Å². The number of rotatable bonds is 8. The number of aliphatic hydroxyl groups is 1. The second-order valence-electron chi connectivity index (χ2n) is 4.44. The number of hydrogen-bond donors (Lipinski definition) is 1. The van der Waals surface area contributed by atoms with E-state index < -0.39 is 17.9 Å². The molecule has 5 heteroatoms. The van der Waals surface area contributed by atoms with Crippen LogP contribution in [0.3, 0.4) is 0 Å². The molecule has 0 radical (unpaired) electrons. The van der Waals surface area contributed by atoms with Gasteiger partial charge < -0.3 is 14.6 Å². The molecule has 0 amide bonds. The predicted octanol–water partition coefficient (Wildman–Crippen LogP) is 1.68. The van der Waals surface area contributed by atoms with Gasteiger partial charge in [-0.1, -0.05) is 30.3 Å². The molecular weight excluding hydrogens is 260 g/mol. The van der Waals surface area contributed by atoms with Crippen LogP contribution < -0.4 is 0 Å². The Labute approximate surface area is 118 Å². The number of benzene rings is 1. The smallest absolute Gasteiger partial charge is 0.309 e. The number of aliphatic hydroxyl groups excluding tert-OH is 1. The van der Waals surface area contributed by atoms with Crippen LogP contribution in [0.4, 0.5) is 0 Å². The number of carbonyl (C=O) groups is 2. The largest absolute Gasteiger partial charge is 0.469 e. The highest BCUT2D eigenvalue weighted by Gasteiger charge is 2.23. The summed E-state index contributed by atoms with van der Waals surface area (Å²) in [5, 5.41) is 8.79. The fourth-order valence-electron chi connectivity index (χ4n) is 1.81. The van der Waals surface area contributed by atoms with Gasteiger partial charge in [-0.25, -0.2) is 0 Å². The Morgan fingerprint density at radius 2 is 1.95 bits per heavy atom. The van der Waals surface area contributed by atoms with Crippen molar-refractivity contribution in [1.82, 2.24) is 0 Å². The van der Waals surface area contributed by atoms with Gasteiger partial charge in [0.05, 0.1) is 19.4 Å². The molecule has 0 aliphatic rings. The summed E-state index contributed by atoms with van der Waals surface area (Å²) in [4.78, 5) is 23.2. The van der Waals surface area contributed by atoms with Crippen molar-refractivity contribution in [3.63, 3.8) is 0 Å². The molecule has 0 saturated heterocycles. The van der Waals surface area contributed by atoms with Crippen LogP contribution in [-0.4, -0.2) is 30.8 Å². The van der Waals surface area contributed by atoms with Crippen molar-refractivity contribution in [3.05, 3.63) is 35.9 Å². The van der Waals surface area contributed by atoms with Crippen LogP contribution in [-0.2, 0) is 25.7 Å². The highest BCUT2D eigenvalue weighted by atomic mass is 16.5. The first-order valence-electron chi connectivity index (χ1n) is 6.55. The maximum absolute atomic E-state index is 11.7. The summed E-state index contributed by atoms with van der Waals surface area (Å²) < 4.78 is 9.77. The molecule has 0 aromatic heterocycles. The maximum Gasteiger partial charge on any atom is 0.309 e. The number of methoxy groups -OCH3 is 1. The van der Waals surface area contributed by atoms with E-state index in [0.29, 0.717) is 12.8 Å². The quantitative estimate of drug-likeness (QED) is 0.733. The zero-order valence-electron chi connectivity index (χ0n) is 11.6. The van der Waals surface area contributed by atoms with Gasteiger partial charge in [0.1, 0.15) is 6.61 Å². The number of carbonyl (C=O) groups excluding carboxylic acids is 2. The lowest BCUT2D eigenvalue weighted by Gasteiger charge is -2.13. The Bertz CT molecular complexity index is 416. The Hall–Kier alpha value is -1.88. The van der Waals surface area contributed by atoms with Crippen molar-refractivity contribution in [2.75, 3.05) is 13.7 Å². The van der Waals surface area contributed by atoms with Crippen LogP contribution in [0.1, 0.15) is 24.8 Å². The second-order valence-corrected chi connectivity index (χ2v) is 4.44. The first-order chi connectivity index (χ1) is 9.67. The van der Waals surface area contributed by atoms with Crippen LogP contribution >= 0.6 is 0 Å². The van der Waals surface area contributed by atoms with Crippen molar-refractivity contribution in [2.24, 2.45) is 5.92 Å². The summed E-state index contributed by atoms with van der Waals surface area (Å²) in [6.45, 7) is 0.167. The number of esters is 2. The Morgan fingerprint density at radius 1 is 1.25 bits per heavy atom. The Kier molecular flexibility index (Phi) is 7.35. The van der Waals surface area contributed by atoms with E-state index >= 15 is 0 Å². The fraction of sp³-hybridized carbons (Fsp3) is 0.467. The highest BCUT2D eigenvalue weighted by molar-refractivity contribution is 5.79. The van der Waals surface area contributed by atoms with Crippen molar-refractivity contribution >= 4 is 11.9 Å². The molecule has 0 saturated carbocycles. The summed E-state index contributed by atoms with van der Waals surface area (Å²) in [5.74, 6) is -1.45. The molecule has 110 valence electrons. The van der Waals surface area contributed by atoms with Gasteiger partial charge in [-0.3, -0.25) is 9.59 Å². The number of hydrogen-bond acceptors (Lipinski definition) is 5. The van der Waals surface area contributed by atoms with E-state index in [9.17, 15) is 9.59 Å². The minimum Gasteiger partial charge on any atom is -0.469 e. The van der Waals surface area contributed by atoms with Gasteiger partial charge in [-0.05, 0) is 18.4 Å². The van der Waals surface area contributed by atoms with Gasteiger partial charge >= 0.3 is 11.9 Å². The lowest BCUT2D eigenvalue weighted by Crippen LogP contribution is -2.21. The van der Waals surface area contributed by atoms with E-state index in [1.165, 1.54) is 7.11 Å². The van der Waals surface area contributed by atoms with E-state index in [4.69, 9.17) is 9.84 Å². The standard InChI is InChI=1S/C15H20O5/c1-19-15(18)13(8-5-9-16)10-14(17)20-11-12-6-3-2-4-7-12/h2-4,6-7,13,16H,5,8-11H2,1H3/t13-/m1/s1. The first kappa shape index (κ1) is 16.2. The summed E-state index contributed by atoms with van der Waals surface area (Å²) in [5.41, 5.74) is 0.894. The SMILES string of the molecule is COC(=O)[C@H](CCCO)CC(=O)OCc1ccccc1. The topological polar surface area (TPSA) is 72.8 Å². The molecule has 0 spiro atoms. The molecule has 1 N–H and O–H groups in total. The molecule has 5 nitrogen and oxygen atoms in total. The average molecular weight is 280 g/mol. The molecule has 1 aromatic carbocycles. The van der Waals surface area contributed by atoms with E-state index in [2.05, 4.69) is 4.74 Å². The molecule has 0 heterocycles. The lowest BCUT2D eigenvalue weighted by atomic mass is 10.00. The van der Waals surface area contributed by atoms with Gasteiger partial charge in [0.25, 0.3) is 0 Å². The van der Waals surface area contributed by atoms with Crippen LogP contribution in [0.5, 0.6) is 0 Å². The monoisotopic (exact) mass is 280 g/mol. The van der Waals surface area contributed by atoms with Crippen LogP contribution in [0.25, 0.3) is 0 Å².